The zero-order valence-corrected chi connectivity index (χ0v) is 12.7. The first-order chi connectivity index (χ1) is 10.6. The molecule has 0 N–H and O–H groups in total. The van der Waals surface area contributed by atoms with Gasteiger partial charge in [0.2, 0.25) is 0 Å². The van der Waals surface area contributed by atoms with Crippen LogP contribution in [0.2, 0.25) is 0 Å². The van der Waals surface area contributed by atoms with E-state index in [0.29, 0.717) is 12.4 Å². The van der Waals surface area contributed by atoms with Crippen LogP contribution in [0, 0.1) is 5.92 Å². The summed E-state index contributed by atoms with van der Waals surface area (Å²) in [5, 5.41) is 0. The maximum absolute atomic E-state index is 12.1. The Morgan fingerprint density at radius 1 is 1.23 bits per heavy atom. The van der Waals surface area contributed by atoms with Crippen molar-refractivity contribution in [2.24, 2.45) is 5.92 Å². The summed E-state index contributed by atoms with van der Waals surface area (Å²) >= 11 is 0. The number of ether oxygens (including phenoxy) is 2. The number of benzene rings is 1. The summed E-state index contributed by atoms with van der Waals surface area (Å²) in [6.45, 7) is 4.07. The molecule has 1 amide bonds. The largest absolute Gasteiger partial charge is 0.466 e. The van der Waals surface area contributed by atoms with Crippen molar-refractivity contribution in [2.45, 2.75) is 20.3 Å². The van der Waals surface area contributed by atoms with E-state index in [1.54, 1.807) is 43.6 Å². The molecule has 1 atom stereocenters. The summed E-state index contributed by atoms with van der Waals surface area (Å²) in [4.78, 5) is 25.1. The van der Waals surface area contributed by atoms with Crippen molar-refractivity contribution in [1.82, 2.24) is 4.90 Å². The van der Waals surface area contributed by atoms with Crippen LogP contribution in [-0.2, 0) is 9.53 Å². The van der Waals surface area contributed by atoms with Gasteiger partial charge in [-0.3, -0.25) is 9.69 Å². The predicted octanol–water partition coefficient (Wildman–Crippen LogP) is 3.49. The molecule has 1 heterocycles. The second-order valence-corrected chi connectivity index (χ2v) is 4.90. The second-order valence-electron chi connectivity index (χ2n) is 4.90. The SMILES string of the molecule is CCOC(=O)CC1=CN(C(=O)Oc2ccccc2)C=CC1C. The Bertz CT molecular complexity index is 592. The summed E-state index contributed by atoms with van der Waals surface area (Å²) in [5.41, 5.74) is 0.811. The van der Waals surface area contributed by atoms with Gasteiger partial charge in [0.25, 0.3) is 0 Å². The number of amides is 1. The monoisotopic (exact) mass is 301 g/mol. The minimum Gasteiger partial charge on any atom is -0.466 e. The van der Waals surface area contributed by atoms with Crippen LogP contribution in [0.1, 0.15) is 20.3 Å². The molecule has 116 valence electrons. The number of hydrogen-bond acceptors (Lipinski definition) is 4. The number of allylic oxidation sites excluding steroid dienone is 1. The second kappa shape index (κ2) is 7.45. The Morgan fingerprint density at radius 2 is 1.95 bits per heavy atom. The molecule has 22 heavy (non-hydrogen) atoms. The molecule has 5 nitrogen and oxygen atoms in total. The Morgan fingerprint density at radius 3 is 2.64 bits per heavy atom. The van der Waals surface area contributed by atoms with Gasteiger partial charge in [-0.05, 0) is 30.5 Å². The molecule has 2 rings (SSSR count). The van der Waals surface area contributed by atoms with Crippen molar-refractivity contribution in [1.29, 1.82) is 0 Å². The van der Waals surface area contributed by atoms with Gasteiger partial charge in [-0.25, -0.2) is 4.79 Å². The van der Waals surface area contributed by atoms with E-state index in [-0.39, 0.29) is 18.3 Å². The molecule has 0 fully saturated rings. The molecule has 1 aliphatic heterocycles. The lowest BCUT2D eigenvalue weighted by atomic mass is 9.97. The van der Waals surface area contributed by atoms with Gasteiger partial charge in [0.05, 0.1) is 13.0 Å². The molecule has 0 bridgehead atoms. The highest BCUT2D eigenvalue weighted by atomic mass is 16.6. The van der Waals surface area contributed by atoms with Crippen molar-refractivity contribution >= 4 is 12.1 Å². The summed E-state index contributed by atoms with van der Waals surface area (Å²) < 4.78 is 10.2. The molecule has 1 aliphatic rings. The van der Waals surface area contributed by atoms with Crippen LogP contribution in [0.5, 0.6) is 5.75 Å². The van der Waals surface area contributed by atoms with Crippen molar-refractivity contribution < 1.29 is 19.1 Å². The van der Waals surface area contributed by atoms with Crippen LogP contribution >= 0.6 is 0 Å². The zero-order valence-electron chi connectivity index (χ0n) is 12.7. The molecule has 1 aromatic rings. The molecule has 0 spiro atoms. The molecule has 5 heteroatoms. The van der Waals surface area contributed by atoms with Crippen LogP contribution in [-0.4, -0.2) is 23.6 Å². The first kappa shape index (κ1) is 15.8. The fourth-order valence-corrected chi connectivity index (χ4v) is 2.03. The van der Waals surface area contributed by atoms with Crippen LogP contribution in [0.4, 0.5) is 4.79 Å². The Hall–Kier alpha value is -2.56. The van der Waals surface area contributed by atoms with E-state index in [2.05, 4.69) is 0 Å². The van der Waals surface area contributed by atoms with Gasteiger partial charge in [-0.2, -0.15) is 0 Å². The summed E-state index contributed by atoms with van der Waals surface area (Å²) in [6.07, 6.45) is 4.77. The number of carbonyl (C=O) groups is 2. The van der Waals surface area contributed by atoms with Gasteiger partial charge in [0, 0.05) is 12.4 Å². The van der Waals surface area contributed by atoms with E-state index in [1.807, 2.05) is 19.1 Å². The molecule has 0 aliphatic carbocycles. The lowest BCUT2D eigenvalue weighted by Crippen LogP contribution is -2.27. The van der Waals surface area contributed by atoms with E-state index in [9.17, 15) is 9.59 Å². The first-order valence-electron chi connectivity index (χ1n) is 7.20. The van der Waals surface area contributed by atoms with E-state index in [0.717, 1.165) is 5.57 Å². The summed E-state index contributed by atoms with van der Waals surface area (Å²) in [6, 6.07) is 8.84. The third-order valence-electron chi connectivity index (χ3n) is 3.24. The Kier molecular flexibility index (Phi) is 5.36. The summed E-state index contributed by atoms with van der Waals surface area (Å²) in [7, 11) is 0. The molecule has 0 radical (unpaired) electrons. The molecular formula is C17H19NO4. The van der Waals surface area contributed by atoms with Crippen molar-refractivity contribution in [3.05, 3.63) is 54.4 Å². The van der Waals surface area contributed by atoms with E-state index < -0.39 is 6.09 Å². The Labute approximate surface area is 129 Å². The number of nitrogens with zero attached hydrogens (tertiary/aromatic N) is 1. The highest BCUT2D eigenvalue weighted by molar-refractivity contribution is 5.75. The topological polar surface area (TPSA) is 55.8 Å². The number of para-hydroxylation sites is 1. The Balaban J connectivity index is 2.04. The smallest absolute Gasteiger partial charge is 0.423 e. The fraction of sp³-hybridized carbons (Fsp3) is 0.294. The maximum atomic E-state index is 12.1. The van der Waals surface area contributed by atoms with Crippen LogP contribution in [0.3, 0.4) is 0 Å². The molecule has 0 saturated heterocycles. The standard InChI is InChI=1S/C17H19NO4/c1-3-21-16(19)11-14-12-18(10-9-13(14)2)17(20)22-15-7-5-4-6-8-15/h4-10,12-13H,3,11H2,1-2H3. The van der Waals surface area contributed by atoms with Gasteiger partial charge >= 0.3 is 12.1 Å². The number of rotatable bonds is 4. The highest BCUT2D eigenvalue weighted by Gasteiger charge is 2.20. The fourth-order valence-electron chi connectivity index (χ4n) is 2.03. The highest BCUT2D eigenvalue weighted by Crippen LogP contribution is 2.23. The zero-order chi connectivity index (χ0) is 15.9. The lowest BCUT2D eigenvalue weighted by molar-refractivity contribution is -0.142. The number of esters is 1. The lowest BCUT2D eigenvalue weighted by Gasteiger charge is -2.23. The quantitative estimate of drug-likeness (QED) is 0.799. The molecule has 1 aromatic carbocycles. The van der Waals surface area contributed by atoms with Crippen LogP contribution in [0.15, 0.2) is 54.4 Å². The van der Waals surface area contributed by atoms with E-state index >= 15 is 0 Å². The predicted molar refractivity (Wildman–Crippen MR) is 81.9 cm³/mol. The maximum Gasteiger partial charge on any atom is 0.423 e. The third-order valence-corrected chi connectivity index (χ3v) is 3.24. The van der Waals surface area contributed by atoms with Gasteiger partial charge < -0.3 is 9.47 Å². The molecule has 0 saturated carbocycles. The van der Waals surface area contributed by atoms with Crippen molar-refractivity contribution in [3.63, 3.8) is 0 Å². The van der Waals surface area contributed by atoms with Crippen molar-refractivity contribution in [3.8, 4) is 5.75 Å². The first-order valence-corrected chi connectivity index (χ1v) is 7.20. The van der Waals surface area contributed by atoms with Gasteiger partial charge in [0.15, 0.2) is 0 Å². The van der Waals surface area contributed by atoms with Gasteiger partial charge in [-0.1, -0.05) is 31.2 Å². The molecule has 0 aromatic heterocycles. The minimum absolute atomic E-state index is 0.0742. The van der Waals surface area contributed by atoms with E-state index in [4.69, 9.17) is 9.47 Å². The van der Waals surface area contributed by atoms with Gasteiger partial charge in [-0.15, -0.1) is 0 Å². The van der Waals surface area contributed by atoms with Crippen LogP contribution < -0.4 is 4.74 Å². The van der Waals surface area contributed by atoms with E-state index in [1.165, 1.54) is 4.90 Å². The average Bonchev–Trinajstić information content (AvgIpc) is 2.50. The van der Waals surface area contributed by atoms with Crippen molar-refractivity contribution in [2.75, 3.05) is 6.61 Å². The van der Waals surface area contributed by atoms with Gasteiger partial charge in [0.1, 0.15) is 5.75 Å². The summed E-state index contributed by atoms with van der Waals surface area (Å²) in [5.74, 6) is 0.248. The molecule has 1 unspecified atom stereocenters. The number of hydrogen-bond donors (Lipinski definition) is 0. The normalized spacial score (nSPS) is 16.9. The number of carbonyl (C=O) groups excluding carboxylic acids is 2. The minimum atomic E-state index is -0.518. The van der Waals surface area contributed by atoms with Crippen LogP contribution in [0.25, 0.3) is 0 Å². The molecular weight excluding hydrogens is 282 g/mol. The third kappa shape index (κ3) is 4.22. The average molecular weight is 301 g/mol.